The molecule has 12 nitrogen and oxygen atoms in total. The van der Waals surface area contributed by atoms with Gasteiger partial charge in [0.2, 0.25) is 11.8 Å². The number of aliphatic carboxylic acids is 1. The highest BCUT2D eigenvalue weighted by atomic mass is 16.5. The van der Waals surface area contributed by atoms with Gasteiger partial charge in [-0.2, -0.15) is 0 Å². The normalized spacial score (nSPS) is 23.7. The lowest BCUT2D eigenvalue weighted by atomic mass is 9.85. The maximum Gasteiger partial charge on any atom is 0.330 e. The first-order valence-electron chi connectivity index (χ1n) is 17.6. The molecule has 1 aromatic heterocycles. The minimum absolute atomic E-state index is 0.0288. The van der Waals surface area contributed by atoms with Crippen molar-refractivity contribution in [2.45, 2.75) is 89.1 Å². The van der Waals surface area contributed by atoms with E-state index in [1.165, 1.54) is 11.0 Å². The number of aromatic nitrogens is 1. The van der Waals surface area contributed by atoms with Gasteiger partial charge in [0, 0.05) is 41.5 Å². The third kappa shape index (κ3) is 7.50. The molecule has 1 aliphatic heterocycles. The Bertz CT molecular complexity index is 1820. The van der Waals surface area contributed by atoms with E-state index in [0.717, 1.165) is 36.6 Å². The Morgan fingerprint density at radius 2 is 1.80 bits per heavy atom. The van der Waals surface area contributed by atoms with Crippen molar-refractivity contribution in [3.63, 3.8) is 0 Å². The molecule has 3 fully saturated rings. The van der Waals surface area contributed by atoms with Crippen LogP contribution in [0.25, 0.3) is 22.2 Å². The number of carbonyl (C=O) groups excluding carboxylic acids is 3. The number of ether oxygens (including phenoxy) is 2. The Kier molecular flexibility index (Phi) is 9.97. The Hall–Kier alpha value is -5.13. The maximum atomic E-state index is 14.5. The van der Waals surface area contributed by atoms with Crippen LogP contribution in [-0.4, -0.2) is 82.2 Å². The van der Waals surface area contributed by atoms with Gasteiger partial charge in [-0.3, -0.25) is 9.59 Å². The van der Waals surface area contributed by atoms with Crippen LogP contribution in [0.15, 0.2) is 67.3 Å². The summed E-state index contributed by atoms with van der Waals surface area (Å²) in [5.41, 5.74) is -0.0156. The number of rotatable bonds is 11. The van der Waals surface area contributed by atoms with Crippen molar-refractivity contribution in [3.8, 4) is 22.8 Å². The number of carboxylic acids is 1. The van der Waals surface area contributed by atoms with Gasteiger partial charge in [0.1, 0.15) is 35.2 Å². The van der Waals surface area contributed by atoms with Crippen molar-refractivity contribution < 1.29 is 33.8 Å². The van der Waals surface area contributed by atoms with Crippen molar-refractivity contribution in [2.75, 3.05) is 13.7 Å². The van der Waals surface area contributed by atoms with Crippen LogP contribution < -0.4 is 25.4 Å². The topological polar surface area (TPSA) is 159 Å². The van der Waals surface area contributed by atoms with Gasteiger partial charge in [-0.1, -0.05) is 70.0 Å². The Balaban J connectivity index is 1.32. The van der Waals surface area contributed by atoms with E-state index >= 15 is 0 Å². The molecule has 51 heavy (non-hydrogen) atoms. The van der Waals surface area contributed by atoms with Crippen LogP contribution in [-0.2, 0) is 14.4 Å². The summed E-state index contributed by atoms with van der Waals surface area (Å²) in [6.45, 7) is 9.31. The largest absolute Gasteiger partial charge is 0.497 e. The van der Waals surface area contributed by atoms with E-state index in [2.05, 4.69) is 22.5 Å². The van der Waals surface area contributed by atoms with Gasteiger partial charge < -0.3 is 35.4 Å². The molecule has 5 atom stereocenters. The van der Waals surface area contributed by atoms with Gasteiger partial charge >= 0.3 is 12.0 Å². The van der Waals surface area contributed by atoms with Crippen molar-refractivity contribution in [2.24, 2.45) is 11.3 Å². The number of carboxylic acid groups (broad SMARTS) is 1. The number of fused-ring (bicyclic) bond motifs is 1. The molecule has 0 unspecified atom stereocenters. The zero-order valence-electron chi connectivity index (χ0n) is 29.6. The van der Waals surface area contributed by atoms with Crippen LogP contribution in [0.4, 0.5) is 4.79 Å². The molecule has 6 rings (SSSR count). The first-order chi connectivity index (χ1) is 24.3. The first kappa shape index (κ1) is 35.7. The molecule has 2 aromatic carbocycles. The average Bonchev–Trinajstić information content (AvgIpc) is 3.37. The molecule has 3 aliphatic rings. The molecule has 3 aromatic rings. The highest BCUT2D eigenvalue weighted by molar-refractivity contribution is 5.96. The lowest BCUT2D eigenvalue weighted by Crippen LogP contribution is -2.60. The number of methoxy groups -OCH3 is 1. The van der Waals surface area contributed by atoms with Gasteiger partial charge in [0.25, 0.3) is 0 Å². The van der Waals surface area contributed by atoms with Crippen molar-refractivity contribution in [1.82, 2.24) is 25.8 Å². The lowest BCUT2D eigenvalue weighted by molar-refractivity contribution is -0.146. The van der Waals surface area contributed by atoms with Gasteiger partial charge in [-0.15, -0.1) is 6.58 Å². The monoisotopic (exact) mass is 697 g/mol. The number of nitrogens with zero attached hydrogens (tertiary/aromatic N) is 2. The molecule has 2 saturated carbocycles. The second-order valence-corrected chi connectivity index (χ2v) is 14.9. The standard InChI is InChI=1S/C39H47N5O7/c1-6-24-21-39(24,36(47)48)43-34(45)31-19-27(22-44(31)35(46)33(38(2,3)4)42-37(49)40-25-14-10-11-15-25)51-32-20-29(23-12-8-7-9-13-23)41-30-18-26(50-5)16-17-28(30)32/h6-9,12-13,16-18,20,24-25,27,31,33H,1,10-11,14-15,19,21-22H2,2-5H3,(H,43,45)(H,47,48)(H2,40,42,49)/t24-,27-,31+,33-,39-/m1/s1. The number of benzene rings is 2. The third-order valence-electron chi connectivity index (χ3n) is 10.3. The molecule has 270 valence electrons. The van der Waals surface area contributed by atoms with Crippen molar-refractivity contribution in [1.29, 1.82) is 0 Å². The van der Waals surface area contributed by atoms with E-state index in [-0.39, 0.29) is 25.4 Å². The van der Waals surface area contributed by atoms with Gasteiger partial charge in [-0.05, 0) is 36.8 Å². The molecule has 0 bridgehead atoms. The molecule has 2 heterocycles. The lowest BCUT2D eigenvalue weighted by Gasteiger charge is -2.35. The van der Waals surface area contributed by atoms with E-state index in [1.54, 1.807) is 7.11 Å². The molecule has 1 saturated heterocycles. The number of hydrogen-bond acceptors (Lipinski definition) is 7. The summed E-state index contributed by atoms with van der Waals surface area (Å²) in [6, 6.07) is 14.6. The van der Waals surface area contributed by atoms with Crippen LogP contribution in [0, 0.1) is 11.3 Å². The van der Waals surface area contributed by atoms with E-state index in [1.807, 2.05) is 75.4 Å². The number of urea groups is 1. The second kappa shape index (κ2) is 14.2. The molecular weight excluding hydrogens is 650 g/mol. The minimum Gasteiger partial charge on any atom is -0.497 e. The smallest absolute Gasteiger partial charge is 0.330 e. The number of carbonyl (C=O) groups is 4. The molecule has 0 spiro atoms. The predicted molar refractivity (Wildman–Crippen MR) is 192 cm³/mol. The third-order valence-corrected chi connectivity index (χ3v) is 10.3. The van der Waals surface area contributed by atoms with E-state index in [9.17, 15) is 24.3 Å². The first-order valence-corrected chi connectivity index (χ1v) is 17.6. The second-order valence-electron chi connectivity index (χ2n) is 14.9. The van der Waals surface area contributed by atoms with E-state index < -0.39 is 58.9 Å². The summed E-state index contributed by atoms with van der Waals surface area (Å²) in [7, 11) is 1.58. The zero-order valence-corrected chi connectivity index (χ0v) is 29.6. The van der Waals surface area contributed by atoms with Gasteiger partial charge in [0.15, 0.2) is 0 Å². The predicted octanol–water partition coefficient (Wildman–Crippen LogP) is 5.06. The number of likely N-dealkylation sites (tertiary alicyclic amines) is 1. The molecule has 0 radical (unpaired) electrons. The Labute approximate surface area is 298 Å². The Morgan fingerprint density at radius 3 is 2.43 bits per heavy atom. The molecule has 2 aliphatic carbocycles. The van der Waals surface area contributed by atoms with Crippen LogP contribution in [0.5, 0.6) is 11.5 Å². The van der Waals surface area contributed by atoms with Crippen LogP contribution in [0.3, 0.4) is 0 Å². The summed E-state index contributed by atoms with van der Waals surface area (Å²) < 4.78 is 12.1. The van der Waals surface area contributed by atoms with Gasteiger partial charge in [0.05, 0.1) is 24.9 Å². The number of pyridine rings is 1. The summed E-state index contributed by atoms with van der Waals surface area (Å²) >= 11 is 0. The summed E-state index contributed by atoms with van der Waals surface area (Å²) in [6.07, 6.45) is 5.02. The van der Waals surface area contributed by atoms with Crippen molar-refractivity contribution in [3.05, 3.63) is 67.3 Å². The molecule has 4 amide bonds. The molecular formula is C39H47N5O7. The highest BCUT2D eigenvalue weighted by Crippen LogP contribution is 2.45. The van der Waals surface area contributed by atoms with Crippen LogP contribution in [0.2, 0.25) is 0 Å². The summed E-state index contributed by atoms with van der Waals surface area (Å²) in [5, 5.41) is 19.4. The highest BCUT2D eigenvalue weighted by Gasteiger charge is 2.61. The average molecular weight is 698 g/mol. The number of nitrogens with one attached hydrogen (secondary N) is 3. The number of hydrogen-bond donors (Lipinski definition) is 4. The Morgan fingerprint density at radius 1 is 1.08 bits per heavy atom. The van der Waals surface area contributed by atoms with Crippen LogP contribution >= 0.6 is 0 Å². The molecule has 12 heteroatoms. The van der Waals surface area contributed by atoms with E-state index in [4.69, 9.17) is 14.5 Å². The fourth-order valence-corrected chi connectivity index (χ4v) is 7.27. The number of amides is 4. The summed E-state index contributed by atoms with van der Waals surface area (Å²) in [4.78, 5) is 60.3. The quantitative estimate of drug-likeness (QED) is 0.203. The SMILES string of the molecule is C=C[C@@H]1C[C@]1(NC(=O)[C@@H]1C[C@@H](Oc2cc(-c3ccccc3)nc3cc(OC)ccc23)CN1C(=O)[C@@H](NC(=O)NC1CCCC1)C(C)(C)C)C(=O)O. The van der Waals surface area contributed by atoms with Crippen LogP contribution in [0.1, 0.15) is 59.3 Å². The van der Waals surface area contributed by atoms with Gasteiger partial charge in [-0.25, -0.2) is 14.6 Å². The zero-order chi connectivity index (χ0) is 36.5. The fraction of sp³-hybridized carbons (Fsp3) is 0.462. The maximum absolute atomic E-state index is 14.5. The van der Waals surface area contributed by atoms with Crippen molar-refractivity contribution >= 4 is 34.7 Å². The summed E-state index contributed by atoms with van der Waals surface area (Å²) in [5.74, 6) is -1.50. The minimum atomic E-state index is -1.49. The van der Waals surface area contributed by atoms with E-state index in [0.29, 0.717) is 22.7 Å². The molecule has 4 N–H and O–H groups in total. The fourth-order valence-electron chi connectivity index (χ4n) is 7.27.